The lowest BCUT2D eigenvalue weighted by molar-refractivity contribution is -0.144. The number of carbonyl (C=O) groups is 4. The molecule has 0 radical (unpaired) electrons. The molecule has 12 heteroatoms. The zero-order valence-electron chi connectivity index (χ0n) is 20.5. The number of nitrogens with one attached hydrogen (secondary N) is 4. The Hall–Kier alpha value is -3.48. The molecule has 2 aromatic rings. The third-order valence-corrected chi connectivity index (χ3v) is 5.65. The number of carboxylic acid groups (broad SMARTS) is 1. The largest absolute Gasteiger partial charge is 0.480 e. The van der Waals surface area contributed by atoms with Crippen molar-refractivity contribution in [3.63, 3.8) is 0 Å². The second-order valence-electron chi connectivity index (χ2n) is 9.17. The Bertz CT molecular complexity index is 1070. The van der Waals surface area contributed by atoms with Crippen molar-refractivity contribution in [2.75, 3.05) is 6.61 Å². The molecule has 1 aromatic heterocycles. The summed E-state index contributed by atoms with van der Waals surface area (Å²) in [5, 5.41) is 36.3. The Kier molecular flexibility index (Phi) is 10.4. The number of rotatable bonds is 13. The molecular formula is C24H35N5O7. The predicted octanol–water partition coefficient (Wildman–Crippen LogP) is -1.00. The number of hydrogen-bond donors (Lipinski definition) is 8. The van der Waals surface area contributed by atoms with Gasteiger partial charge in [-0.25, -0.2) is 4.79 Å². The molecule has 0 aliphatic carbocycles. The van der Waals surface area contributed by atoms with Gasteiger partial charge < -0.3 is 42.0 Å². The number of carbonyl (C=O) groups excluding carboxylic acids is 3. The first-order valence-electron chi connectivity index (χ1n) is 11.7. The van der Waals surface area contributed by atoms with Crippen molar-refractivity contribution < 1.29 is 34.5 Å². The average Bonchev–Trinajstić information content (AvgIpc) is 3.22. The number of carboxylic acids is 1. The summed E-state index contributed by atoms with van der Waals surface area (Å²) in [6.45, 7) is 4.18. The fourth-order valence-corrected chi connectivity index (χ4v) is 3.73. The van der Waals surface area contributed by atoms with E-state index in [2.05, 4.69) is 20.9 Å². The molecule has 5 atom stereocenters. The molecular weight excluding hydrogens is 470 g/mol. The highest BCUT2D eigenvalue weighted by atomic mass is 16.4. The van der Waals surface area contributed by atoms with E-state index in [1.54, 1.807) is 6.20 Å². The summed E-state index contributed by atoms with van der Waals surface area (Å²) in [6.07, 6.45) is 0.750. The molecule has 198 valence electrons. The maximum atomic E-state index is 13.3. The second-order valence-corrected chi connectivity index (χ2v) is 9.17. The Morgan fingerprint density at radius 2 is 1.61 bits per heavy atom. The van der Waals surface area contributed by atoms with E-state index in [0.29, 0.717) is 6.42 Å². The molecule has 0 saturated carbocycles. The Balaban J connectivity index is 2.28. The first-order chi connectivity index (χ1) is 16.9. The number of aliphatic hydroxyl groups excluding tert-OH is 2. The minimum Gasteiger partial charge on any atom is -0.480 e. The van der Waals surface area contributed by atoms with E-state index in [1.165, 1.54) is 6.92 Å². The molecule has 0 saturated heterocycles. The van der Waals surface area contributed by atoms with Crippen LogP contribution in [0.1, 0.15) is 32.8 Å². The molecule has 5 unspecified atom stereocenters. The first-order valence-corrected chi connectivity index (χ1v) is 11.7. The molecule has 0 aliphatic heterocycles. The molecule has 3 amide bonds. The van der Waals surface area contributed by atoms with Gasteiger partial charge in [0, 0.05) is 23.5 Å². The molecule has 36 heavy (non-hydrogen) atoms. The number of benzene rings is 1. The zero-order valence-corrected chi connectivity index (χ0v) is 20.5. The van der Waals surface area contributed by atoms with E-state index in [-0.39, 0.29) is 12.3 Å². The van der Waals surface area contributed by atoms with Crippen LogP contribution in [0.4, 0.5) is 0 Å². The third kappa shape index (κ3) is 7.77. The lowest BCUT2D eigenvalue weighted by Crippen LogP contribution is -2.60. The van der Waals surface area contributed by atoms with Gasteiger partial charge >= 0.3 is 5.97 Å². The van der Waals surface area contributed by atoms with Gasteiger partial charge in [-0.2, -0.15) is 0 Å². The molecule has 0 fully saturated rings. The first kappa shape index (κ1) is 28.8. The highest BCUT2D eigenvalue weighted by Gasteiger charge is 2.33. The normalized spacial score (nSPS) is 15.5. The number of para-hydroxylation sites is 1. The Morgan fingerprint density at radius 1 is 0.972 bits per heavy atom. The number of aromatic amines is 1. The quantitative estimate of drug-likeness (QED) is 0.169. The number of H-pyrrole nitrogens is 1. The van der Waals surface area contributed by atoms with E-state index in [0.717, 1.165) is 16.5 Å². The minimum absolute atomic E-state index is 0.0541. The molecule has 1 heterocycles. The Labute approximate surface area is 208 Å². The van der Waals surface area contributed by atoms with Gasteiger partial charge in [-0.05, 0) is 30.9 Å². The van der Waals surface area contributed by atoms with E-state index in [1.807, 2.05) is 38.1 Å². The smallest absolute Gasteiger partial charge is 0.328 e. The zero-order chi connectivity index (χ0) is 27.0. The van der Waals surface area contributed by atoms with Crippen molar-refractivity contribution in [1.82, 2.24) is 20.9 Å². The second kappa shape index (κ2) is 13.0. The molecule has 2 rings (SSSR count). The molecule has 12 nitrogen and oxygen atoms in total. The van der Waals surface area contributed by atoms with Crippen LogP contribution in [0.2, 0.25) is 0 Å². The van der Waals surface area contributed by atoms with Crippen LogP contribution >= 0.6 is 0 Å². The monoisotopic (exact) mass is 505 g/mol. The van der Waals surface area contributed by atoms with Gasteiger partial charge in [0.15, 0.2) is 0 Å². The van der Waals surface area contributed by atoms with Crippen molar-refractivity contribution in [2.24, 2.45) is 11.7 Å². The summed E-state index contributed by atoms with van der Waals surface area (Å²) < 4.78 is 0. The summed E-state index contributed by atoms with van der Waals surface area (Å²) in [7, 11) is 0. The number of aliphatic carboxylic acids is 1. The lowest BCUT2D eigenvalue weighted by atomic mass is 10.0. The van der Waals surface area contributed by atoms with Crippen molar-refractivity contribution in [1.29, 1.82) is 0 Å². The highest BCUT2D eigenvalue weighted by Crippen LogP contribution is 2.19. The Morgan fingerprint density at radius 3 is 2.19 bits per heavy atom. The van der Waals surface area contributed by atoms with E-state index in [9.17, 15) is 29.4 Å². The van der Waals surface area contributed by atoms with Crippen molar-refractivity contribution in [3.8, 4) is 0 Å². The van der Waals surface area contributed by atoms with Gasteiger partial charge in [-0.15, -0.1) is 0 Å². The van der Waals surface area contributed by atoms with Crippen LogP contribution in [-0.4, -0.2) is 80.9 Å². The van der Waals surface area contributed by atoms with Gasteiger partial charge in [-0.1, -0.05) is 32.0 Å². The fourth-order valence-electron chi connectivity index (χ4n) is 3.73. The third-order valence-electron chi connectivity index (χ3n) is 5.65. The number of hydrogen-bond acceptors (Lipinski definition) is 7. The summed E-state index contributed by atoms with van der Waals surface area (Å²) in [6, 6.07) is 2.22. The summed E-state index contributed by atoms with van der Waals surface area (Å²) >= 11 is 0. The summed E-state index contributed by atoms with van der Waals surface area (Å²) in [4.78, 5) is 52.8. The van der Waals surface area contributed by atoms with Gasteiger partial charge in [0.1, 0.15) is 18.1 Å². The average molecular weight is 506 g/mol. The molecule has 0 bridgehead atoms. The predicted molar refractivity (Wildman–Crippen MR) is 132 cm³/mol. The van der Waals surface area contributed by atoms with Crippen LogP contribution in [0.15, 0.2) is 30.5 Å². The number of amides is 3. The van der Waals surface area contributed by atoms with Crippen LogP contribution in [0.5, 0.6) is 0 Å². The van der Waals surface area contributed by atoms with E-state index in [4.69, 9.17) is 10.8 Å². The number of nitrogens with two attached hydrogens (primary N) is 1. The standard InChI is InChI=1S/C24H35N5O7/c1-12(2)8-16(25)21(32)27-18(9-14-10-26-17-7-5-4-6-15(14)17)22(33)29-20(13(3)31)23(34)28-19(11-30)24(35)36/h4-7,10,12-13,16,18-20,26,30-31H,8-9,11,25H2,1-3H3,(H,27,32)(H,28,34)(H,29,33)(H,35,36). The van der Waals surface area contributed by atoms with Crippen LogP contribution in [0.3, 0.4) is 0 Å². The molecule has 1 aromatic carbocycles. The van der Waals surface area contributed by atoms with Crippen molar-refractivity contribution in [2.45, 2.75) is 63.9 Å². The number of fused-ring (bicyclic) bond motifs is 1. The van der Waals surface area contributed by atoms with Crippen molar-refractivity contribution >= 4 is 34.6 Å². The molecule has 0 aliphatic rings. The van der Waals surface area contributed by atoms with Gasteiger partial charge in [0.05, 0.1) is 18.8 Å². The maximum Gasteiger partial charge on any atom is 0.328 e. The van der Waals surface area contributed by atoms with E-state index >= 15 is 0 Å². The fraction of sp³-hybridized carbons (Fsp3) is 0.500. The highest BCUT2D eigenvalue weighted by molar-refractivity contribution is 5.95. The van der Waals surface area contributed by atoms with Gasteiger partial charge in [0.2, 0.25) is 17.7 Å². The number of aliphatic hydroxyl groups is 2. The van der Waals surface area contributed by atoms with E-state index < -0.39 is 60.6 Å². The van der Waals surface area contributed by atoms with Gasteiger partial charge in [0.25, 0.3) is 0 Å². The SMILES string of the molecule is CC(C)CC(N)C(=O)NC(Cc1c[nH]c2ccccc12)C(=O)NC(C(=O)NC(CO)C(=O)O)C(C)O. The molecule has 9 N–H and O–H groups in total. The maximum absolute atomic E-state index is 13.3. The van der Waals surface area contributed by atoms with Crippen LogP contribution in [0, 0.1) is 5.92 Å². The van der Waals surface area contributed by atoms with Crippen LogP contribution in [-0.2, 0) is 25.6 Å². The van der Waals surface area contributed by atoms with Crippen LogP contribution < -0.4 is 21.7 Å². The number of aromatic nitrogens is 1. The lowest BCUT2D eigenvalue weighted by Gasteiger charge is -2.26. The topological polar surface area (TPSA) is 207 Å². The summed E-state index contributed by atoms with van der Waals surface area (Å²) in [5.74, 6) is -3.67. The van der Waals surface area contributed by atoms with Crippen LogP contribution in [0.25, 0.3) is 10.9 Å². The summed E-state index contributed by atoms with van der Waals surface area (Å²) in [5.41, 5.74) is 7.56. The minimum atomic E-state index is -1.62. The van der Waals surface area contributed by atoms with Crippen molar-refractivity contribution in [3.05, 3.63) is 36.0 Å². The molecule has 0 spiro atoms. The van der Waals surface area contributed by atoms with Gasteiger partial charge in [-0.3, -0.25) is 14.4 Å².